The third-order valence-electron chi connectivity index (χ3n) is 2.77. The molecule has 0 radical (unpaired) electrons. The van der Waals surface area contributed by atoms with Gasteiger partial charge in [0.2, 0.25) is 0 Å². The van der Waals surface area contributed by atoms with Crippen molar-refractivity contribution in [2.45, 2.75) is 20.4 Å². The van der Waals surface area contributed by atoms with E-state index in [1.807, 2.05) is 19.9 Å². The SMILES string of the molecule is Cc1cc(C)n(CC(=O)N/N=C/c2ccc(O)c(Br)c2)n1. The van der Waals surface area contributed by atoms with Gasteiger partial charge in [-0.3, -0.25) is 9.48 Å². The Balaban J connectivity index is 1.93. The number of aromatic hydroxyl groups is 1. The van der Waals surface area contributed by atoms with E-state index >= 15 is 0 Å². The van der Waals surface area contributed by atoms with Crippen LogP contribution in [-0.4, -0.2) is 27.0 Å². The Hall–Kier alpha value is -2.15. The summed E-state index contributed by atoms with van der Waals surface area (Å²) in [6.07, 6.45) is 1.50. The maximum absolute atomic E-state index is 11.8. The number of hydrogen-bond donors (Lipinski definition) is 2. The van der Waals surface area contributed by atoms with E-state index in [9.17, 15) is 9.90 Å². The van der Waals surface area contributed by atoms with Gasteiger partial charge in [0.1, 0.15) is 12.3 Å². The Morgan fingerprint density at radius 1 is 1.48 bits per heavy atom. The van der Waals surface area contributed by atoms with E-state index in [0.29, 0.717) is 4.47 Å². The minimum atomic E-state index is -0.254. The third-order valence-corrected chi connectivity index (χ3v) is 3.41. The highest BCUT2D eigenvalue weighted by atomic mass is 79.9. The number of hydrogen-bond acceptors (Lipinski definition) is 4. The molecular formula is C14H15BrN4O2. The van der Waals surface area contributed by atoms with Gasteiger partial charge in [0, 0.05) is 5.69 Å². The van der Waals surface area contributed by atoms with Crippen molar-refractivity contribution in [3.63, 3.8) is 0 Å². The van der Waals surface area contributed by atoms with Crippen LogP contribution in [0.4, 0.5) is 0 Å². The smallest absolute Gasteiger partial charge is 0.261 e. The number of aryl methyl sites for hydroxylation is 2. The maximum Gasteiger partial charge on any atom is 0.261 e. The van der Waals surface area contributed by atoms with Crippen molar-refractivity contribution in [2.24, 2.45) is 5.10 Å². The van der Waals surface area contributed by atoms with Crippen molar-refractivity contribution in [3.8, 4) is 5.75 Å². The number of carbonyl (C=O) groups is 1. The van der Waals surface area contributed by atoms with Crippen LogP contribution in [0.15, 0.2) is 33.8 Å². The van der Waals surface area contributed by atoms with E-state index < -0.39 is 0 Å². The summed E-state index contributed by atoms with van der Waals surface area (Å²) >= 11 is 3.21. The van der Waals surface area contributed by atoms with Crippen LogP contribution in [0.3, 0.4) is 0 Å². The molecule has 0 atom stereocenters. The van der Waals surface area contributed by atoms with Crippen LogP contribution in [0.2, 0.25) is 0 Å². The summed E-state index contributed by atoms with van der Waals surface area (Å²) in [7, 11) is 0. The number of nitrogens with zero attached hydrogens (tertiary/aromatic N) is 3. The first-order chi connectivity index (χ1) is 9.95. The normalized spacial score (nSPS) is 11.0. The molecule has 2 N–H and O–H groups in total. The molecule has 110 valence electrons. The molecule has 6 nitrogen and oxygen atoms in total. The topological polar surface area (TPSA) is 79.5 Å². The summed E-state index contributed by atoms with van der Waals surface area (Å²) in [5.41, 5.74) is 5.00. The van der Waals surface area contributed by atoms with Crippen molar-refractivity contribution in [3.05, 3.63) is 45.7 Å². The van der Waals surface area contributed by atoms with Gasteiger partial charge in [0.15, 0.2) is 0 Å². The van der Waals surface area contributed by atoms with E-state index in [1.165, 1.54) is 6.21 Å². The molecule has 1 aromatic carbocycles. The first kappa shape index (κ1) is 15.2. The fourth-order valence-corrected chi connectivity index (χ4v) is 2.19. The van der Waals surface area contributed by atoms with Gasteiger partial charge >= 0.3 is 0 Å². The second-order valence-corrected chi connectivity index (χ2v) is 5.44. The van der Waals surface area contributed by atoms with E-state index in [2.05, 4.69) is 31.6 Å². The predicted octanol–water partition coefficient (Wildman–Crippen LogP) is 2.12. The lowest BCUT2D eigenvalue weighted by Gasteiger charge is -2.03. The summed E-state index contributed by atoms with van der Waals surface area (Å²) < 4.78 is 2.19. The molecule has 0 aliphatic carbocycles. The minimum absolute atomic E-state index is 0.121. The van der Waals surface area contributed by atoms with Crippen LogP contribution in [0.1, 0.15) is 17.0 Å². The van der Waals surface area contributed by atoms with Gasteiger partial charge in [-0.25, -0.2) is 5.43 Å². The third kappa shape index (κ3) is 4.16. The predicted molar refractivity (Wildman–Crippen MR) is 83.2 cm³/mol. The lowest BCUT2D eigenvalue weighted by Crippen LogP contribution is -2.24. The Labute approximate surface area is 130 Å². The number of amides is 1. The number of hydrazone groups is 1. The Morgan fingerprint density at radius 2 is 2.24 bits per heavy atom. The first-order valence-corrected chi connectivity index (χ1v) is 7.06. The van der Waals surface area contributed by atoms with Gasteiger partial charge in [-0.15, -0.1) is 0 Å². The first-order valence-electron chi connectivity index (χ1n) is 6.27. The number of aromatic nitrogens is 2. The van der Waals surface area contributed by atoms with Crippen LogP contribution in [-0.2, 0) is 11.3 Å². The monoisotopic (exact) mass is 350 g/mol. The molecule has 1 heterocycles. The quantitative estimate of drug-likeness (QED) is 0.654. The van der Waals surface area contributed by atoms with E-state index in [4.69, 9.17) is 0 Å². The molecule has 0 spiro atoms. The fourth-order valence-electron chi connectivity index (χ4n) is 1.79. The summed E-state index contributed by atoms with van der Waals surface area (Å²) in [5, 5.41) is 17.5. The molecule has 1 aromatic heterocycles. The fraction of sp³-hybridized carbons (Fsp3) is 0.214. The molecule has 7 heteroatoms. The summed E-state index contributed by atoms with van der Waals surface area (Å²) in [6, 6.07) is 6.84. The molecule has 0 saturated carbocycles. The number of benzene rings is 1. The number of rotatable bonds is 4. The van der Waals surface area contributed by atoms with Crippen molar-refractivity contribution >= 4 is 28.1 Å². The van der Waals surface area contributed by atoms with Crippen LogP contribution in [0.25, 0.3) is 0 Å². The van der Waals surface area contributed by atoms with Crippen LogP contribution < -0.4 is 5.43 Å². The number of halogens is 1. The average molecular weight is 351 g/mol. The van der Waals surface area contributed by atoms with Crippen molar-refractivity contribution in [2.75, 3.05) is 0 Å². The molecule has 2 rings (SSSR count). The van der Waals surface area contributed by atoms with Gasteiger partial charge in [-0.2, -0.15) is 10.2 Å². The Morgan fingerprint density at radius 3 is 2.86 bits per heavy atom. The zero-order valence-electron chi connectivity index (χ0n) is 11.7. The van der Waals surface area contributed by atoms with E-state index in [0.717, 1.165) is 17.0 Å². The lowest BCUT2D eigenvalue weighted by atomic mass is 10.2. The van der Waals surface area contributed by atoms with Gasteiger partial charge in [-0.05, 0) is 59.6 Å². The molecule has 2 aromatic rings. The summed E-state index contributed by atoms with van der Waals surface area (Å²) in [5.74, 6) is -0.101. The second kappa shape index (κ2) is 6.53. The summed E-state index contributed by atoms with van der Waals surface area (Å²) in [6.45, 7) is 3.89. The van der Waals surface area contributed by atoms with Gasteiger partial charge in [0.05, 0.1) is 16.4 Å². The highest BCUT2D eigenvalue weighted by Crippen LogP contribution is 2.23. The molecule has 0 unspecified atom stereocenters. The van der Waals surface area contributed by atoms with Gasteiger partial charge < -0.3 is 5.11 Å². The lowest BCUT2D eigenvalue weighted by molar-refractivity contribution is -0.121. The highest BCUT2D eigenvalue weighted by molar-refractivity contribution is 9.10. The number of nitrogens with one attached hydrogen (secondary N) is 1. The minimum Gasteiger partial charge on any atom is -0.507 e. The summed E-state index contributed by atoms with van der Waals surface area (Å²) in [4.78, 5) is 11.8. The Kier molecular flexibility index (Phi) is 4.74. The van der Waals surface area contributed by atoms with Crippen LogP contribution in [0, 0.1) is 13.8 Å². The molecule has 1 amide bonds. The molecule has 21 heavy (non-hydrogen) atoms. The van der Waals surface area contributed by atoms with Crippen LogP contribution in [0.5, 0.6) is 5.75 Å². The number of phenolic OH excluding ortho intramolecular Hbond substituents is 1. The average Bonchev–Trinajstić information content (AvgIpc) is 2.72. The number of carbonyl (C=O) groups excluding carboxylic acids is 1. The molecule has 0 aliphatic heterocycles. The maximum atomic E-state index is 11.8. The molecular weight excluding hydrogens is 336 g/mol. The largest absolute Gasteiger partial charge is 0.507 e. The highest BCUT2D eigenvalue weighted by Gasteiger charge is 2.05. The van der Waals surface area contributed by atoms with Crippen molar-refractivity contribution in [1.82, 2.24) is 15.2 Å². The molecule has 0 aliphatic rings. The van der Waals surface area contributed by atoms with E-state index in [-0.39, 0.29) is 18.2 Å². The van der Waals surface area contributed by atoms with Gasteiger partial charge in [-0.1, -0.05) is 0 Å². The molecule has 0 fully saturated rings. The standard InChI is InChI=1S/C14H15BrN4O2/c1-9-5-10(2)19(18-9)8-14(21)17-16-7-11-3-4-13(20)12(15)6-11/h3-7,20H,8H2,1-2H3,(H,17,21)/b16-7+. The van der Waals surface area contributed by atoms with Crippen LogP contribution >= 0.6 is 15.9 Å². The van der Waals surface area contributed by atoms with Crippen molar-refractivity contribution in [1.29, 1.82) is 0 Å². The molecule has 0 saturated heterocycles. The zero-order chi connectivity index (χ0) is 15.4. The van der Waals surface area contributed by atoms with E-state index in [1.54, 1.807) is 22.9 Å². The second-order valence-electron chi connectivity index (χ2n) is 4.59. The Bertz CT molecular complexity index is 694. The number of phenols is 1. The van der Waals surface area contributed by atoms with Crippen molar-refractivity contribution < 1.29 is 9.90 Å². The zero-order valence-corrected chi connectivity index (χ0v) is 13.3. The van der Waals surface area contributed by atoms with Gasteiger partial charge in [0.25, 0.3) is 5.91 Å². The molecule has 0 bridgehead atoms.